The van der Waals surface area contributed by atoms with Crippen molar-refractivity contribution in [2.24, 2.45) is 0 Å². The first kappa shape index (κ1) is 12.5. The number of hydrogen-bond acceptors (Lipinski definition) is 4. The predicted octanol–water partition coefficient (Wildman–Crippen LogP) is 2.41. The minimum atomic E-state index is -0.943. The highest BCUT2D eigenvalue weighted by Crippen LogP contribution is 2.27. The Balaban J connectivity index is 2.18. The summed E-state index contributed by atoms with van der Waals surface area (Å²) < 4.78 is 5.21. The number of carbonyl (C=O) groups is 1. The van der Waals surface area contributed by atoms with Crippen LogP contribution in [0.5, 0.6) is 5.75 Å². The molecule has 1 aromatic heterocycles. The fourth-order valence-electron chi connectivity index (χ4n) is 1.50. The van der Waals surface area contributed by atoms with E-state index in [0.29, 0.717) is 11.5 Å². The Morgan fingerprint density at radius 1 is 1.56 bits per heavy atom. The van der Waals surface area contributed by atoms with E-state index in [4.69, 9.17) is 9.84 Å². The molecule has 0 fully saturated rings. The molecule has 94 valence electrons. The van der Waals surface area contributed by atoms with Crippen LogP contribution in [0.1, 0.15) is 15.9 Å². The Kier molecular flexibility index (Phi) is 3.88. The molecule has 2 rings (SSSR count). The maximum Gasteiger partial charge on any atom is 0.335 e. The van der Waals surface area contributed by atoms with Crippen LogP contribution in [0.25, 0.3) is 0 Å². The number of nitrogens with one attached hydrogen (secondary N) is 1. The maximum absolute atomic E-state index is 10.9. The number of thioether (sulfide) groups is 1. The minimum Gasteiger partial charge on any atom is -0.496 e. The van der Waals surface area contributed by atoms with Crippen LogP contribution < -0.4 is 4.74 Å². The maximum atomic E-state index is 10.9. The van der Waals surface area contributed by atoms with E-state index in [-0.39, 0.29) is 5.56 Å². The van der Waals surface area contributed by atoms with Crippen molar-refractivity contribution in [1.29, 1.82) is 0 Å². The molecule has 0 aliphatic carbocycles. The van der Waals surface area contributed by atoms with Gasteiger partial charge in [0.15, 0.2) is 5.16 Å². The van der Waals surface area contributed by atoms with Gasteiger partial charge in [-0.2, -0.15) is 0 Å². The Labute approximate surface area is 108 Å². The van der Waals surface area contributed by atoms with Gasteiger partial charge in [-0.05, 0) is 18.2 Å². The van der Waals surface area contributed by atoms with Gasteiger partial charge in [-0.15, -0.1) is 0 Å². The first-order valence-electron chi connectivity index (χ1n) is 5.23. The molecule has 1 heterocycles. The first-order chi connectivity index (χ1) is 8.70. The van der Waals surface area contributed by atoms with Gasteiger partial charge in [0.25, 0.3) is 0 Å². The summed E-state index contributed by atoms with van der Waals surface area (Å²) in [6, 6.07) is 4.82. The molecule has 0 unspecified atom stereocenters. The van der Waals surface area contributed by atoms with Crippen LogP contribution in [0.15, 0.2) is 35.7 Å². The molecule has 6 heteroatoms. The number of nitrogens with zero attached hydrogens (tertiary/aromatic N) is 1. The zero-order chi connectivity index (χ0) is 13.0. The molecule has 18 heavy (non-hydrogen) atoms. The Morgan fingerprint density at radius 3 is 3.00 bits per heavy atom. The van der Waals surface area contributed by atoms with Gasteiger partial charge >= 0.3 is 5.97 Å². The molecule has 1 aromatic carbocycles. The van der Waals surface area contributed by atoms with Crippen molar-refractivity contribution in [3.8, 4) is 5.75 Å². The van der Waals surface area contributed by atoms with E-state index in [0.717, 1.165) is 10.7 Å². The highest BCUT2D eigenvalue weighted by atomic mass is 32.2. The summed E-state index contributed by atoms with van der Waals surface area (Å²) in [5.74, 6) is 0.332. The third-order valence-electron chi connectivity index (χ3n) is 2.36. The average molecular weight is 264 g/mol. The number of aromatic carboxylic acids is 1. The molecule has 0 saturated heterocycles. The van der Waals surface area contributed by atoms with Gasteiger partial charge < -0.3 is 14.8 Å². The van der Waals surface area contributed by atoms with Crippen molar-refractivity contribution in [2.45, 2.75) is 10.9 Å². The lowest BCUT2D eigenvalue weighted by molar-refractivity contribution is 0.0696. The number of carboxylic acids is 1. The lowest BCUT2D eigenvalue weighted by Crippen LogP contribution is -1.99. The number of rotatable bonds is 5. The quantitative estimate of drug-likeness (QED) is 0.811. The van der Waals surface area contributed by atoms with Crippen LogP contribution in [-0.2, 0) is 5.75 Å². The SMILES string of the molecule is COc1ccc(C(=O)O)cc1CSc1ncc[nH]1. The summed E-state index contributed by atoms with van der Waals surface area (Å²) >= 11 is 1.49. The van der Waals surface area contributed by atoms with Crippen LogP contribution in [-0.4, -0.2) is 28.2 Å². The second kappa shape index (κ2) is 5.59. The summed E-state index contributed by atoms with van der Waals surface area (Å²) in [7, 11) is 1.57. The Hall–Kier alpha value is -1.95. The third-order valence-corrected chi connectivity index (χ3v) is 3.32. The van der Waals surface area contributed by atoms with Gasteiger partial charge in [0.1, 0.15) is 5.75 Å². The summed E-state index contributed by atoms with van der Waals surface area (Å²) in [5.41, 5.74) is 1.09. The number of benzene rings is 1. The molecule has 5 nitrogen and oxygen atoms in total. The molecule has 0 spiro atoms. The molecule has 0 bridgehead atoms. The third kappa shape index (κ3) is 2.84. The van der Waals surface area contributed by atoms with E-state index in [1.807, 2.05) is 0 Å². The van der Waals surface area contributed by atoms with Crippen molar-refractivity contribution < 1.29 is 14.6 Å². The second-order valence-electron chi connectivity index (χ2n) is 3.51. The summed E-state index contributed by atoms with van der Waals surface area (Å²) in [6.45, 7) is 0. The molecule has 0 aliphatic rings. The van der Waals surface area contributed by atoms with Crippen LogP contribution >= 0.6 is 11.8 Å². The largest absolute Gasteiger partial charge is 0.496 e. The fourth-order valence-corrected chi connectivity index (χ4v) is 2.30. The van der Waals surface area contributed by atoms with E-state index in [1.54, 1.807) is 31.6 Å². The Bertz CT molecular complexity index is 540. The molecule has 0 aliphatic heterocycles. The molecule has 0 radical (unpaired) electrons. The predicted molar refractivity (Wildman–Crippen MR) is 68.1 cm³/mol. The molecule has 0 saturated carbocycles. The van der Waals surface area contributed by atoms with Crippen LogP contribution in [0, 0.1) is 0 Å². The summed E-state index contributed by atoms with van der Waals surface area (Å²) in [5, 5.41) is 9.75. The summed E-state index contributed by atoms with van der Waals surface area (Å²) in [4.78, 5) is 18.0. The van der Waals surface area contributed by atoms with Crippen molar-refractivity contribution in [1.82, 2.24) is 9.97 Å². The highest BCUT2D eigenvalue weighted by molar-refractivity contribution is 7.98. The van der Waals surface area contributed by atoms with Crippen LogP contribution in [0.3, 0.4) is 0 Å². The normalized spacial score (nSPS) is 10.3. The van der Waals surface area contributed by atoms with Gasteiger partial charge in [0.05, 0.1) is 12.7 Å². The van der Waals surface area contributed by atoms with Crippen LogP contribution in [0.2, 0.25) is 0 Å². The van der Waals surface area contributed by atoms with Gasteiger partial charge in [-0.25, -0.2) is 9.78 Å². The van der Waals surface area contributed by atoms with Gasteiger partial charge in [0.2, 0.25) is 0 Å². The number of methoxy groups -OCH3 is 1. The molecule has 2 aromatic rings. The topological polar surface area (TPSA) is 75.2 Å². The van der Waals surface area contributed by atoms with E-state index >= 15 is 0 Å². The number of ether oxygens (including phenoxy) is 1. The lowest BCUT2D eigenvalue weighted by Gasteiger charge is -2.08. The monoisotopic (exact) mass is 264 g/mol. The summed E-state index contributed by atoms with van der Waals surface area (Å²) in [6.07, 6.45) is 3.42. The smallest absolute Gasteiger partial charge is 0.335 e. The molecular weight excluding hydrogens is 252 g/mol. The fraction of sp³-hybridized carbons (Fsp3) is 0.167. The van der Waals surface area contributed by atoms with Crippen molar-refractivity contribution in [2.75, 3.05) is 7.11 Å². The highest BCUT2D eigenvalue weighted by Gasteiger charge is 2.09. The van der Waals surface area contributed by atoms with Gasteiger partial charge in [-0.3, -0.25) is 0 Å². The van der Waals surface area contributed by atoms with Gasteiger partial charge in [0, 0.05) is 23.7 Å². The first-order valence-corrected chi connectivity index (χ1v) is 6.21. The number of aromatic nitrogens is 2. The zero-order valence-electron chi connectivity index (χ0n) is 9.71. The van der Waals surface area contributed by atoms with E-state index < -0.39 is 5.97 Å². The zero-order valence-corrected chi connectivity index (χ0v) is 10.5. The average Bonchev–Trinajstić information content (AvgIpc) is 2.89. The van der Waals surface area contributed by atoms with Crippen molar-refractivity contribution in [3.63, 3.8) is 0 Å². The van der Waals surface area contributed by atoms with E-state index in [2.05, 4.69) is 9.97 Å². The standard InChI is InChI=1S/C12H12N2O3S/c1-17-10-3-2-8(11(15)16)6-9(10)7-18-12-13-4-5-14-12/h2-6H,7H2,1H3,(H,13,14)(H,15,16). The number of carboxylic acid groups (broad SMARTS) is 1. The van der Waals surface area contributed by atoms with E-state index in [9.17, 15) is 4.79 Å². The molecule has 0 amide bonds. The molecule has 2 N–H and O–H groups in total. The Morgan fingerprint density at radius 2 is 2.39 bits per heavy atom. The number of hydrogen-bond donors (Lipinski definition) is 2. The van der Waals surface area contributed by atoms with E-state index in [1.165, 1.54) is 17.8 Å². The second-order valence-corrected chi connectivity index (χ2v) is 4.48. The van der Waals surface area contributed by atoms with Crippen molar-refractivity contribution in [3.05, 3.63) is 41.7 Å². The number of imidazole rings is 1. The number of aromatic amines is 1. The van der Waals surface area contributed by atoms with Gasteiger partial charge in [-0.1, -0.05) is 11.8 Å². The van der Waals surface area contributed by atoms with Crippen molar-refractivity contribution >= 4 is 17.7 Å². The molecular formula is C12H12N2O3S. The lowest BCUT2D eigenvalue weighted by atomic mass is 10.1. The number of H-pyrrole nitrogens is 1. The minimum absolute atomic E-state index is 0.255. The molecule has 0 atom stereocenters. The van der Waals surface area contributed by atoms with Crippen LogP contribution in [0.4, 0.5) is 0 Å².